The fourth-order valence-electron chi connectivity index (χ4n) is 1.16. The standard InChI is InChI=1S/C13H15NO2/c1-3-5-8-11-9-6-7-10-12(11)14-13(15)16-4-2/h6-7,9-10H,3-4H2,1-2H3,(H,14,15). The van der Waals surface area contributed by atoms with Gasteiger partial charge in [-0.15, -0.1) is 0 Å². The number of hydrogen-bond acceptors (Lipinski definition) is 2. The molecule has 3 nitrogen and oxygen atoms in total. The Morgan fingerprint density at radius 2 is 2.12 bits per heavy atom. The quantitative estimate of drug-likeness (QED) is 0.773. The Morgan fingerprint density at radius 3 is 2.81 bits per heavy atom. The molecule has 1 rings (SSSR count). The van der Waals surface area contributed by atoms with Crippen LogP contribution in [0.15, 0.2) is 24.3 Å². The highest BCUT2D eigenvalue weighted by Crippen LogP contribution is 2.13. The van der Waals surface area contributed by atoms with Gasteiger partial charge in [0.2, 0.25) is 0 Å². The average molecular weight is 217 g/mol. The molecule has 3 heteroatoms. The van der Waals surface area contributed by atoms with E-state index in [0.717, 1.165) is 12.0 Å². The van der Waals surface area contributed by atoms with Crippen molar-refractivity contribution >= 4 is 11.8 Å². The van der Waals surface area contributed by atoms with Gasteiger partial charge in [-0.05, 0) is 19.1 Å². The molecule has 0 radical (unpaired) electrons. The molecule has 1 aromatic carbocycles. The first-order valence-corrected chi connectivity index (χ1v) is 5.29. The van der Waals surface area contributed by atoms with Gasteiger partial charge in [0.15, 0.2) is 0 Å². The van der Waals surface area contributed by atoms with E-state index in [9.17, 15) is 4.79 Å². The van der Waals surface area contributed by atoms with Crippen LogP contribution in [0.5, 0.6) is 0 Å². The largest absolute Gasteiger partial charge is 0.450 e. The van der Waals surface area contributed by atoms with Crippen LogP contribution in [0.2, 0.25) is 0 Å². The lowest BCUT2D eigenvalue weighted by atomic mass is 10.2. The summed E-state index contributed by atoms with van der Waals surface area (Å²) in [5, 5.41) is 2.66. The maximum Gasteiger partial charge on any atom is 0.411 e. The van der Waals surface area contributed by atoms with Crippen molar-refractivity contribution in [2.75, 3.05) is 11.9 Å². The SMILES string of the molecule is CCC#Cc1ccccc1NC(=O)OCC. The molecule has 0 saturated carbocycles. The van der Waals surface area contributed by atoms with Gasteiger partial charge in [-0.25, -0.2) is 4.79 Å². The van der Waals surface area contributed by atoms with E-state index in [4.69, 9.17) is 4.74 Å². The zero-order chi connectivity index (χ0) is 11.8. The van der Waals surface area contributed by atoms with E-state index >= 15 is 0 Å². The number of anilines is 1. The minimum Gasteiger partial charge on any atom is -0.450 e. The topological polar surface area (TPSA) is 38.3 Å². The molecule has 1 amide bonds. The number of para-hydroxylation sites is 1. The Bertz CT molecular complexity index is 415. The van der Waals surface area contributed by atoms with E-state index in [2.05, 4.69) is 17.2 Å². The molecule has 1 aromatic rings. The van der Waals surface area contributed by atoms with Crippen LogP contribution in [-0.2, 0) is 4.74 Å². The lowest BCUT2D eigenvalue weighted by Crippen LogP contribution is -2.14. The Hall–Kier alpha value is -1.95. The van der Waals surface area contributed by atoms with Gasteiger partial charge in [0.1, 0.15) is 0 Å². The summed E-state index contributed by atoms with van der Waals surface area (Å²) in [6.45, 7) is 4.10. The normalized spacial score (nSPS) is 8.88. The third kappa shape index (κ3) is 3.66. The van der Waals surface area contributed by atoms with Crippen molar-refractivity contribution in [2.45, 2.75) is 20.3 Å². The average Bonchev–Trinajstić information content (AvgIpc) is 2.28. The van der Waals surface area contributed by atoms with Crippen LogP contribution in [0.4, 0.5) is 10.5 Å². The predicted octanol–water partition coefficient (Wildman–Crippen LogP) is 3.02. The minimum absolute atomic E-state index is 0.356. The zero-order valence-corrected chi connectivity index (χ0v) is 9.54. The first kappa shape index (κ1) is 12.1. The fourth-order valence-corrected chi connectivity index (χ4v) is 1.16. The van der Waals surface area contributed by atoms with Crippen molar-refractivity contribution in [2.24, 2.45) is 0 Å². The van der Waals surface area contributed by atoms with Crippen LogP contribution in [0.1, 0.15) is 25.8 Å². The summed E-state index contributed by atoms with van der Waals surface area (Å²) in [6, 6.07) is 7.40. The molecule has 16 heavy (non-hydrogen) atoms. The van der Waals surface area contributed by atoms with Crippen LogP contribution < -0.4 is 5.32 Å². The Balaban J connectivity index is 2.82. The van der Waals surface area contributed by atoms with E-state index in [-0.39, 0.29) is 0 Å². The first-order chi connectivity index (χ1) is 7.77. The highest BCUT2D eigenvalue weighted by atomic mass is 16.5. The van der Waals surface area contributed by atoms with E-state index in [1.165, 1.54) is 0 Å². The molecule has 0 spiro atoms. The monoisotopic (exact) mass is 217 g/mol. The van der Waals surface area contributed by atoms with Gasteiger partial charge in [0, 0.05) is 12.0 Å². The second-order valence-electron chi connectivity index (χ2n) is 3.05. The summed E-state index contributed by atoms with van der Waals surface area (Å²) in [4.78, 5) is 11.3. The molecular formula is C13H15NO2. The van der Waals surface area contributed by atoms with Crippen molar-refractivity contribution in [1.29, 1.82) is 0 Å². The lowest BCUT2D eigenvalue weighted by molar-refractivity contribution is 0.168. The van der Waals surface area contributed by atoms with Crippen molar-refractivity contribution in [1.82, 2.24) is 0 Å². The number of rotatable bonds is 2. The van der Waals surface area contributed by atoms with E-state index < -0.39 is 6.09 Å². The van der Waals surface area contributed by atoms with Crippen molar-refractivity contribution < 1.29 is 9.53 Å². The molecule has 1 N–H and O–H groups in total. The zero-order valence-electron chi connectivity index (χ0n) is 9.54. The van der Waals surface area contributed by atoms with Gasteiger partial charge in [-0.3, -0.25) is 5.32 Å². The van der Waals surface area contributed by atoms with E-state index in [0.29, 0.717) is 12.3 Å². The molecule has 84 valence electrons. The van der Waals surface area contributed by atoms with Crippen molar-refractivity contribution in [3.63, 3.8) is 0 Å². The molecule has 0 atom stereocenters. The van der Waals surface area contributed by atoms with Gasteiger partial charge >= 0.3 is 6.09 Å². The summed E-state index contributed by atoms with van der Waals surface area (Å²) < 4.78 is 4.81. The molecule has 0 unspecified atom stereocenters. The van der Waals surface area contributed by atoms with Gasteiger partial charge in [-0.2, -0.15) is 0 Å². The minimum atomic E-state index is -0.451. The highest BCUT2D eigenvalue weighted by molar-refractivity contribution is 5.86. The Morgan fingerprint density at radius 1 is 1.38 bits per heavy atom. The summed E-state index contributed by atoms with van der Waals surface area (Å²) in [7, 11) is 0. The van der Waals surface area contributed by atoms with Gasteiger partial charge < -0.3 is 4.74 Å². The molecule has 0 aromatic heterocycles. The summed E-state index contributed by atoms with van der Waals surface area (Å²) >= 11 is 0. The molecule has 0 aliphatic rings. The Kier molecular flexibility index (Phi) is 4.94. The van der Waals surface area contributed by atoms with Gasteiger partial charge in [0.25, 0.3) is 0 Å². The molecule has 0 aliphatic carbocycles. The van der Waals surface area contributed by atoms with Crippen molar-refractivity contribution in [3.05, 3.63) is 29.8 Å². The maximum absolute atomic E-state index is 11.3. The summed E-state index contributed by atoms with van der Waals surface area (Å²) in [5.74, 6) is 5.96. The number of hydrogen-bond donors (Lipinski definition) is 1. The third-order valence-corrected chi connectivity index (χ3v) is 1.84. The fraction of sp³-hybridized carbons (Fsp3) is 0.308. The van der Waals surface area contributed by atoms with Crippen LogP contribution in [0, 0.1) is 11.8 Å². The van der Waals surface area contributed by atoms with Crippen LogP contribution in [0.3, 0.4) is 0 Å². The number of ether oxygens (including phenoxy) is 1. The molecular weight excluding hydrogens is 202 g/mol. The number of amides is 1. The second-order valence-corrected chi connectivity index (χ2v) is 3.05. The van der Waals surface area contributed by atoms with Gasteiger partial charge in [-0.1, -0.05) is 30.9 Å². The van der Waals surface area contributed by atoms with Crippen LogP contribution in [0.25, 0.3) is 0 Å². The van der Waals surface area contributed by atoms with E-state index in [1.807, 2.05) is 25.1 Å². The molecule has 0 aliphatic heterocycles. The van der Waals surface area contributed by atoms with Gasteiger partial charge in [0.05, 0.1) is 12.3 Å². The smallest absolute Gasteiger partial charge is 0.411 e. The second kappa shape index (κ2) is 6.52. The maximum atomic E-state index is 11.3. The first-order valence-electron chi connectivity index (χ1n) is 5.29. The number of nitrogens with one attached hydrogen (secondary N) is 1. The Labute approximate surface area is 95.8 Å². The molecule has 0 fully saturated rings. The lowest BCUT2D eigenvalue weighted by Gasteiger charge is -2.06. The highest BCUT2D eigenvalue weighted by Gasteiger charge is 2.04. The number of carbonyl (C=O) groups is 1. The number of benzene rings is 1. The predicted molar refractivity (Wildman–Crippen MR) is 64.3 cm³/mol. The summed E-state index contributed by atoms with van der Waals surface area (Å²) in [5.41, 5.74) is 1.49. The van der Waals surface area contributed by atoms with Crippen LogP contribution >= 0.6 is 0 Å². The summed E-state index contributed by atoms with van der Waals surface area (Å²) in [6.07, 6.45) is 0.335. The van der Waals surface area contributed by atoms with Crippen molar-refractivity contribution in [3.8, 4) is 11.8 Å². The van der Waals surface area contributed by atoms with E-state index in [1.54, 1.807) is 13.0 Å². The molecule has 0 saturated heterocycles. The molecule has 0 heterocycles. The van der Waals surface area contributed by atoms with Crippen LogP contribution in [-0.4, -0.2) is 12.7 Å². The number of carbonyl (C=O) groups excluding carboxylic acids is 1. The third-order valence-electron chi connectivity index (χ3n) is 1.84. The molecule has 0 bridgehead atoms.